The number of aryl methyl sites for hydroxylation is 1. The first-order chi connectivity index (χ1) is 20.5. The molecule has 7 atom stereocenters. The number of unbranched alkanes of at least 4 members (excludes halogenated alkanes) is 2. The first-order valence-corrected chi connectivity index (χ1v) is 16.1. The van der Waals surface area contributed by atoms with Gasteiger partial charge in [0, 0.05) is 11.7 Å². The molecule has 0 amide bonds. The predicted octanol–water partition coefficient (Wildman–Crippen LogP) is 7.86. The van der Waals surface area contributed by atoms with Gasteiger partial charge in [-0.1, -0.05) is 88.6 Å². The maximum atomic E-state index is 17.4. The average molecular weight is 829 g/mol. The Balaban J connectivity index is 0.000000689. The third-order valence-corrected chi connectivity index (χ3v) is 10.6. The van der Waals surface area contributed by atoms with E-state index in [1.807, 2.05) is 32.3 Å². The molecule has 5 nitrogen and oxygen atoms in total. The van der Waals surface area contributed by atoms with Gasteiger partial charge < -0.3 is 14.3 Å². The number of ether oxygens (including phenoxy) is 1. The van der Waals surface area contributed by atoms with Crippen molar-refractivity contribution < 1.29 is 59.4 Å². The molecule has 1 aromatic rings. The molecule has 0 spiro atoms. The summed E-state index contributed by atoms with van der Waals surface area (Å²) in [6, 6.07) is 7.15. The molecule has 44 heavy (non-hydrogen) atoms. The SMILES string of the molecule is CCCC[C-]=O.Cc1cccc(C(=O)OCC(=O)[C-]2[C@@H](C)C[C@H]3C4CCC5=CC(=O)C=CCC[C@H]5[C@@]4(F)[C@@H](C)C[C@]23C)c1.[U+2]. The van der Waals surface area contributed by atoms with Crippen LogP contribution in [0.2, 0.25) is 0 Å². The second kappa shape index (κ2) is 15.5. The van der Waals surface area contributed by atoms with Crippen LogP contribution < -0.4 is 0 Å². The molecule has 0 aliphatic heterocycles. The monoisotopic (exact) mass is 828 g/mol. The smallest absolute Gasteiger partial charge is 0.542 e. The number of carbonyl (C=O) groups is 3. The van der Waals surface area contributed by atoms with Gasteiger partial charge in [-0.3, -0.25) is 17.0 Å². The molecule has 0 bridgehead atoms. The minimum atomic E-state index is -1.38. The van der Waals surface area contributed by atoms with E-state index in [1.165, 1.54) is 0 Å². The second-order valence-electron chi connectivity index (χ2n) is 13.4. The molecule has 236 valence electrons. The maximum Gasteiger partial charge on any atom is 2.00 e. The zero-order valence-electron chi connectivity index (χ0n) is 26.9. The summed E-state index contributed by atoms with van der Waals surface area (Å²) >= 11 is 0. The van der Waals surface area contributed by atoms with Gasteiger partial charge in [-0.2, -0.15) is 6.42 Å². The number of Topliss-reactive ketones (excluding diaryl/α,β-unsaturated/α-hetero) is 1. The number of fused-ring (bicyclic) bond motifs is 5. The summed E-state index contributed by atoms with van der Waals surface area (Å²) in [6.07, 6.45) is 13.9. The van der Waals surface area contributed by atoms with Crippen LogP contribution in [0.1, 0.15) is 101 Å². The van der Waals surface area contributed by atoms with Crippen molar-refractivity contribution in [1.82, 2.24) is 0 Å². The Hall–Kier alpha value is -1.97. The Morgan fingerprint density at radius 1 is 1.18 bits per heavy atom. The van der Waals surface area contributed by atoms with Crippen LogP contribution in [0.5, 0.6) is 0 Å². The minimum Gasteiger partial charge on any atom is -0.542 e. The second-order valence-corrected chi connectivity index (χ2v) is 13.4. The van der Waals surface area contributed by atoms with Gasteiger partial charge in [-0.05, 0) is 68.7 Å². The van der Waals surface area contributed by atoms with Crippen molar-refractivity contribution in [3.05, 3.63) is 65.1 Å². The van der Waals surface area contributed by atoms with Crippen LogP contribution in [0.3, 0.4) is 0 Å². The van der Waals surface area contributed by atoms with Gasteiger partial charge in [0.25, 0.3) is 0 Å². The number of carbonyl (C=O) groups excluding carboxylic acids is 4. The van der Waals surface area contributed by atoms with Crippen molar-refractivity contribution >= 4 is 23.8 Å². The van der Waals surface area contributed by atoms with Crippen molar-refractivity contribution in [3.63, 3.8) is 0 Å². The summed E-state index contributed by atoms with van der Waals surface area (Å²) in [4.78, 5) is 47.9. The number of halogens is 1. The number of rotatable bonds is 7. The summed E-state index contributed by atoms with van der Waals surface area (Å²) in [5.74, 6) is -0.392. The summed E-state index contributed by atoms with van der Waals surface area (Å²) in [7, 11) is 0. The largest absolute Gasteiger partial charge is 2.00 e. The van der Waals surface area contributed by atoms with E-state index in [0.717, 1.165) is 49.2 Å². The molecular weight excluding hydrogens is 781 g/mol. The van der Waals surface area contributed by atoms with E-state index in [2.05, 4.69) is 20.8 Å². The van der Waals surface area contributed by atoms with Crippen LogP contribution >= 0.6 is 0 Å². The molecule has 4 aliphatic rings. The average Bonchev–Trinajstić information content (AvgIpc) is 3.22. The van der Waals surface area contributed by atoms with E-state index in [4.69, 9.17) is 4.74 Å². The number of alkyl halides is 1. The van der Waals surface area contributed by atoms with Crippen molar-refractivity contribution in [2.24, 2.45) is 35.0 Å². The molecule has 0 aromatic heterocycles. The zero-order chi connectivity index (χ0) is 31.4. The summed E-state index contributed by atoms with van der Waals surface area (Å²) < 4.78 is 22.8. The van der Waals surface area contributed by atoms with Crippen LogP contribution in [-0.4, -0.2) is 36.1 Å². The van der Waals surface area contributed by atoms with Crippen LogP contribution in [-0.2, 0) is 19.1 Å². The van der Waals surface area contributed by atoms with E-state index in [0.29, 0.717) is 31.2 Å². The number of ketones is 2. The molecule has 0 saturated heterocycles. The Labute approximate surface area is 286 Å². The van der Waals surface area contributed by atoms with Crippen LogP contribution in [0.15, 0.2) is 48.1 Å². The maximum absolute atomic E-state index is 17.4. The Morgan fingerprint density at radius 2 is 1.93 bits per heavy atom. The quantitative estimate of drug-likeness (QED) is 0.159. The van der Waals surface area contributed by atoms with E-state index >= 15 is 4.39 Å². The molecule has 1 unspecified atom stereocenters. The van der Waals surface area contributed by atoms with Gasteiger partial charge >= 0.3 is 37.1 Å². The topological polar surface area (TPSA) is 77.5 Å². The van der Waals surface area contributed by atoms with Gasteiger partial charge in [-0.25, -0.2) is 9.18 Å². The number of benzene rings is 1. The van der Waals surface area contributed by atoms with Gasteiger partial charge in [0.05, 0.1) is 5.56 Å². The molecule has 0 radical (unpaired) electrons. The fraction of sp³-hybridized carbons (Fsp3) is 0.595. The number of allylic oxidation sites excluding steroid dienone is 4. The molecule has 3 saturated carbocycles. The third kappa shape index (κ3) is 7.36. The van der Waals surface area contributed by atoms with Crippen LogP contribution in [0.25, 0.3) is 0 Å². The number of esters is 1. The van der Waals surface area contributed by atoms with Crippen LogP contribution in [0, 0.1) is 79.0 Å². The molecule has 1 aromatic carbocycles. The fourth-order valence-corrected chi connectivity index (χ4v) is 8.84. The van der Waals surface area contributed by atoms with Gasteiger partial charge in [0.1, 0.15) is 12.3 Å². The Kier molecular flexibility index (Phi) is 12.9. The van der Waals surface area contributed by atoms with E-state index in [9.17, 15) is 19.2 Å². The molecule has 4 aliphatic carbocycles. The fourth-order valence-electron chi connectivity index (χ4n) is 8.84. The zero-order valence-corrected chi connectivity index (χ0v) is 31.1. The first-order valence-electron chi connectivity index (χ1n) is 16.1. The van der Waals surface area contributed by atoms with E-state index in [-0.39, 0.29) is 78.9 Å². The predicted molar refractivity (Wildman–Crippen MR) is 166 cm³/mol. The Morgan fingerprint density at radius 3 is 2.59 bits per heavy atom. The van der Waals surface area contributed by atoms with Gasteiger partial charge in [0.2, 0.25) is 0 Å². The van der Waals surface area contributed by atoms with Crippen LogP contribution in [0.4, 0.5) is 4.39 Å². The third-order valence-electron chi connectivity index (χ3n) is 10.6. The van der Waals surface area contributed by atoms with E-state index < -0.39 is 17.1 Å². The van der Waals surface area contributed by atoms with Gasteiger partial charge in [0.15, 0.2) is 5.78 Å². The Bertz CT molecular complexity index is 1270. The number of hydrogen-bond acceptors (Lipinski definition) is 5. The standard InChI is InChI=1S/C32H38FO4.C5H9O.U/c1-19-8-7-9-23(14-19)30(36)37-18-28(35)29-20(2)15-27-26-13-12-22-16-24(34)10-5-6-11-25(22)32(26,33)21(3)17-31(27,29)4;1-2-3-4-5-6;/h5,7-10,14,16,20-21,25-27H,6,11-13,15,17-18H2,1-4H3;2-4H2,1H3;/q2*-1;+2/t20-,21-,25+,26?,27-,31-,32-;;/m0../s1. The molecule has 0 heterocycles. The summed E-state index contributed by atoms with van der Waals surface area (Å²) in [6.45, 7) is 9.88. The summed E-state index contributed by atoms with van der Waals surface area (Å²) in [5, 5.41) is 0. The van der Waals surface area contributed by atoms with Crippen molar-refractivity contribution in [3.8, 4) is 0 Å². The number of hydrogen-bond donors (Lipinski definition) is 0. The van der Waals surface area contributed by atoms with Crippen molar-refractivity contribution in [1.29, 1.82) is 0 Å². The normalized spacial score (nSPS) is 32.2. The van der Waals surface area contributed by atoms with Crippen molar-refractivity contribution in [2.75, 3.05) is 6.61 Å². The van der Waals surface area contributed by atoms with E-state index in [1.54, 1.807) is 30.4 Å². The molecule has 5 rings (SSSR count). The molecular formula is C37H47FO5U. The molecule has 0 N–H and O–H groups in total. The summed E-state index contributed by atoms with van der Waals surface area (Å²) in [5.41, 5.74) is 0.572. The first kappa shape index (κ1) is 36.5. The molecule has 3 fully saturated rings. The van der Waals surface area contributed by atoms with Gasteiger partial charge in [-0.15, -0.1) is 11.3 Å². The minimum absolute atomic E-state index is 0. The molecule has 7 heteroatoms. The van der Waals surface area contributed by atoms with Crippen molar-refractivity contribution in [2.45, 2.75) is 98.1 Å².